The summed E-state index contributed by atoms with van der Waals surface area (Å²) in [4.78, 5) is 0. The molecule has 2 heterocycles. The number of aromatic nitrogens is 1. The van der Waals surface area contributed by atoms with Crippen molar-refractivity contribution in [2.75, 3.05) is 0 Å². The second-order valence-electron chi connectivity index (χ2n) is 11.7. The zero-order chi connectivity index (χ0) is 28.8. The van der Waals surface area contributed by atoms with Crippen molar-refractivity contribution in [3.8, 4) is 39.4 Å². The molecular formula is C42H25NO. The second-order valence-corrected chi connectivity index (χ2v) is 11.7. The molecule has 0 saturated heterocycles. The molecule has 0 spiro atoms. The van der Waals surface area contributed by atoms with Gasteiger partial charge in [0.2, 0.25) is 0 Å². The first-order valence-corrected chi connectivity index (χ1v) is 15.1. The van der Waals surface area contributed by atoms with Crippen LogP contribution in [0.1, 0.15) is 0 Å². The van der Waals surface area contributed by atoms with Gasteiger partial charge < -0.3 is 9.30 Å². The molecule has 1 aromatic heterocycles. The van der Waals surface area contributed by atoms with E-state index < -0.39 is 0 Å². The van der Waals surface area contributed by atoms with Crippen molar-refractivity contribution in [3.63, 3.8) is 0 Å². The zero-order valence-corrected chi connectivity index (χ0v) is 23.8. The minimum atomic E-state index is 0.899. The summed E-state index contributed by atoms with van der Waals surface area (Å²) >= 11 is 0. The highest BCUT2D eigenvalue weighted by Gasteiger charge is 2.22. The topological polar surface area (TPSA) is 14.2 Å². The fourth-order valence-electron chi connectivity index (χ4n) is 7.39. The van der Waals surface area contributed by atoms with Gasteiger partial charge in [-0.1, -0.05) is 109 Å². The number of rotatable bonds is 2. The number of ether oxygens (including phenoxy) is 1. The minimum absolute atomic E-state index is 0.899. The molecule has 8 aromatic carbocycles. The van der Waals surface area contributed by atoms with Gasteiger partial charge in [0.05, 0.1) is 16.7 Å². The molecule has 0 unspecified atom stereocenters. The van der Waals surface area contributed by atoms with Gasteiger partial charge in [-0.25, -0.2) is 0 Å². The van der Waals surface area contributed by atoms with Gasteiger partial charge in [0.15, 0.2) is 0 Å². The molecule has 204 valence electrons. The third-order valence-corrected chi connectivity index (χ3v) is 9.33. The quantitative estimate of drug-likeness (QED) is 0.205. The number of fused-ring (bicyclic) bond motifs is 7. The molecule has 2 nitrogen and oxygen atoms in total. The lowest BCUT2D eigenvalue weighted by Crippen LogP contribution is -1.97. The molecule has 10 rings (SSSR count). The third kappa shape index (κ3) is 3.25. The molecule has 0 bridgehead atoms. The summed E-state index contributed by atoms with van der Waals surface area (Å²) < 4.78 is 8.90. The van der Waals surface area contributed by atoms with Crippen LogP contribution in [0.2, 0.25) is 0 Å². The maximum atomic E-state index is 6.45. The number of hydrogen-bond acceptors (Lipinski definition) is 1. The molecule has 0 N–H and O–H groups in total. The van der Waals surface area contributed by atoms with Crippen LogP contribution in [-0.4, -0.2) is 4.57 Å². The number of benzene rings is 8. The predicted molar refractivity (Wildman–Crippen MR) is 184 cm³/mol. The van der Waals surface area contributed by atoms with Crippen molar-refractivity contribution in [2.24, 2.45) is 0 Å². The Kier molecular flexibility index (Phi) is 4.75. The Morgan fingerprint density at radius 3 is 2.00 bits per heavy atom. The highest BCUT2D eigenvalue weighted by Crippen LogP contribution is 2.48. The fraction of sp³-hybridized carbons (Fsp3) is 0. The molecule has 0 saturated carbocycles. The van der Waals surface area contributed by atoms with E-state index in [1.165, 1.54) is 76.5 Å². The van der Waals surface area contributed by atoms with Gasteiger partial charge in [-0.15, -0.1) is 0 Å². The van der Waals surface area contributed by atoms with E-state index in [2.05, 4.69) is 156 Å². The summed E-state index contributed by atoms with van der Waals surface area (Å²) in [5.41, 5.74) is 8.35. The fourth-order valence-corrected chi connectivity index (χ4v) is 7.39. The second kappa shape index (κ2) is 8.82. The van der Waals surface area contributed by atoms with Crippen LogP contribution in [0, 0.1) is 0 Å². The summed E-state index contributed by atoms with van der Waals surface area (Å²) in [6.45, 7) is 0. The van der Waals surface area contributed by atoms with E-state index in [0.717, 1.165) is 17.1 Å². The maximum absolute atomic E-state index is 6.45. The molecule has 1 aliphatic rings. The summed E-state index contributed by atoms with van der Waals surface area (Å²) in [7, 11) is 0. The standard InChI is InChI=1S/C42H25NO/c1-2-11-29-25-38-35(23-28(29)10-1)42-32(16-8-19-37(42)43(38)36-18-6-12-26-9-3-4-15-31(26)36)30-21-22-39-34(24-30)33-17-5-13-27-14-7-20-40(44-39)41(27)33/h1-25H. The average molecular weight is 560 g/mol. The Labute approximate surface area is 254 Å². The van der Waals surface area contributed by atoms with E-state index in [0.29, 0.717) is 0 Å². The zero-order valence-electron chi connectivity index (χ0n) is 23.8. The van der Waals surface area contributed by atoms with Crippen LogP contribution in [-0.2, 0) is 0 Å². The van der Waals surface area contributed by atoms with Gasteiger partial charge in [-0.05, 0) is 80.7 Å². The molecule has 9 aromatic rings. The van der Waals surface area contributed by atoms with Crippen LogP contribution in [0.3, 0.4) is 0 Å². The van der Waals surface area contributed by atoms with E-state index in [-0.39, 0.29) is 0 Å². The highest BCUT2D eigenvalue weighted by atomic mass is 16.5. The first-order chi connectivity index (χ1) is 21.8. The smallest absolute Gasteiger partial charge is 0.135 e. The van der Waals surface area contributed by atoms with E-state index in [4.69, 9.17) is 4.74 Å². The van der Waals surface area contributed by atoms with Crippen molar-refractivity contribution >= 4 is 54.1 Å². The predicted octanol–water partition coefficient (Wildman–Crippen LogP) is 11.7. The molecule has 0 aliphatic carbocycles. The maximum Gasteiger partial charge on any atom is 0.135 e. The lowest BCUT2D eigenvalue weighted by atomic mass is 9.91. The van der Waals surface area contributed by atoms with Gasteiger partial charge in [-0.3, -0.25) is 0 Å². The van der Waals surface area contributed by atoms with Gasteiger partial charge in [-0.2, -0.15) is 0 Å². The molecule has 0 fully saturated rings. The van der Waals surface area contributed by atoms with Gasteiger partial charge in [0, 0.05) is 27.1 Å². The molecule has 1 aliphatic heterocycles. The van der Waals surface area contributed by atoms with Gasteiger partial charge >= 0.3 is 0 Å². The number of nitrogens with zero attached hydrogens (tertiary/aromatic N) is 1. The SMILES string of the molecule is c1ccc2cc3c(cc2c1)c1c(-c2ccc4c(c2)-c2cccc5cccc(c25)O4)cccc1n3-c1cccc2ccccc12. The van der Waals surface area contributed by atoms with E-state index in [1.807, 2.05) is 0 Å². The monoisotopic (exact) mass is 559 g/mol. The van der Waals surface area contributed by atoms with Crippen LogP contribution < -0.4 is 4.74 Å². The van der Waals surface area contributed by atoms with Crippen molar-refractivity contribution in [3.05, 3.63) is 152 Å². The summed E-state index contributed by atoms with van der Waals surface area (Å²) in [6, 6.07) is 54.9. The number of hydrogen-bond donors (Lipinski definition) is 0. The van der Waals surface area contributed by atoms with Crippen molar-refractivity contribution in [2.45, 2.75) is 0 Å². The summed E-state index contributed by atoms with van der Waals surface area (Å²) in [5, 5.41) is 9.85. The Hall–Kier alpha value is -5.86. The van der Waals surface area contributed by atoms with Crippen molar-refractivity contribution in [1.29, 1.82) is 0 Å². The van der Waals surface area contributed by atoms with E-state index in [9.17, 15) is 0 Å². The first-order valence-electron chi connectivity index (χ1n) is 15.1. The van der Waals surface area contributed by atoms with Crippen LogP contribution in [0.15, 0.2) is 152 Å². The molecule has 2 heteroatoms. The Morgan fingerprint density at radius 2 is 1.09 bits per heavy atom. The summed E-state index contributed by atoms with van der Waals surface area (Å²) in [5.74, 6) is 1.82. The van der Waals surface area contributed by atoms with Crippen LogP contribution >= 0.6 is 0 Å². The molecular weight excluding hydrogens is 534 g/mol. The largest absolute Gasteiger partial charge is 0.456 e. The lowest BCUT2D eigenvalue weighted by molar-refractivity contribution is 0.487. The van der Waals surface area contributed by atoms with Crippen LogP contribution in [0.25, 0.3) is 82.1 Å². The molecule has 0 radical (unpaired) electrons. The Balaban J connectivity index is 1.30. The van der Waals surface area contributed by atoms with Crippen molar-refractivity contribution in [1.82, 2.24) is 4.57 Å². The average Bonchev–Trinajstić information content (AvgIpc) is 3.40. The summed E-state index contributed by atoms with van der Waals surface area (Å²) in [6.07, 6.45) is 0. The van der Waals surface area contributed by atoms with Gasteiger partial charge in [0.1, 0.15) is 11.5 Å². The Morgan fingerprint density at radius 1 is 0.386 bits per heavy atom. The minimum Gasteiger partial charge on any atom is -0.456 e. The van der Waals surface area contributed by atoms with Crippen molar-refractivity contribution < 1.29 is 4.74 Å². The van der Waals surface area contributed by atoms with Crippen LogP contribution in [0.5, 0.6) is 11.5 Å². The highest BCUT2D eigenvalue weighted by molar-refractivity contribution is 6.19. The Bertz CT molecular complexity index is 2630. The normalized spacial score (nSPS) is 12.3. The molecule has 0 atom stereocenters. The third-order valence-electron chi connectivity index (χ3n) is 9.33. The van der Waals surface area contributed by atoms with E-state index >= 15 is 0 Å². The van der Waals surface area contributed by atoms with Gasteiger partial charge in [0.25, 0.3) is 0 Å². The van der Waals surface area contributed by atoms with E-state index in [1.54, 1.807) is 0 Å². The first kappa shape index (κ1) is 23.7. The lowest BCUT2D eigenvalue weighted by Gasteiger charge is -2.22. The molecule has 44 heavy (non-hydrogen) atoms. The van der Waals surface area contributed by atoms with Crippen LogP contribution in [0.4, 0.5) is 0 Å². The molecule has 0 amide bonds.